The number of rotatable bonds is 3. The van der Waals surface area contributed by atoms with E-state index in [9.17, 15) is 4.79 Å². The lowest BCUT2D eigenvalue weighted by molar-refractivity contribution is 0.0988. The van der Waals surface area contributed by atoms with E-state index < -0.39 is 0 Å². The van der Waals surface area contributed by atoms with Gasteiger partial charge in [0.25, 0.3) is 0 Å². The number of ketones is 1. The van der Waals surface area contributed by atoms with Gasteiger partial charge < -0.3 is 0 Å². The number of carbonyl (C=O) groups is 1. The second-order valence-corrected chi connectivity index (χ2v) is 5.39. The van der Waals surface area contributed by atoms with Crippen LogP contribution in [0.2, 0.25) is 0 Å². The van der Waals surface area contributed by atoms with Gasteiger partial charge in [-0.25, -0.2) is 0 Å². The Labute approximate surface area is 119 Å². The van der Waals surface area contributed by atoms with Crippen LogP contribution in [-0.2, 0) is 6.42 Å². The molecule has 1 unspecified atom stereocenters. The minimum Gasteiger partial charge on any atom is -0.294 e. The number of aryl methyl sites for hydroxylation is 1. The maximum atomic E-state index is 11.9. The molecule has 1 aromatic heterocycles. The zero-order valence-corrected chi connectivity index (χ0v) is 11.8. The summed E-state index contributed by atoms with van der Waals surface area (Å²) >= 11 is 0. The standard InChI is InChI=1S/C18H19NO/c1-2-17(20)15-8-3-7-14(12-15)16-10-4-6-13-9-5-11-19-18(13)16/h3,5,7-9,11-12,16H,2,4,6,10H2,1H3. The molecule has 0 N–H and O–H groups in total. The average molecular weight is 265 g/mol. The van der Waals surface area contributed by atoms with Gasteiger partial charge in [0.15, 0.2) is 5.78 Å². The molecular weight excluding hydrogens is 246 g/mol. The summed E-state index contributed by atoms with van der Waals surface area (Å²) in [4.78, 5) is 16.5. The molecule has 102 valence electrons. The number of pyridine rings is 1. The van der Waals surface area contributed by atoms with Crippen LogP contribution in [0.25, 0.3) is 0 Å². The van der Waals surface area contributed by atoms with Crippen molar-refractivity contribution in [3.63, 3.8) is 0 Å². The van der Waals surface area contributed by atoms with Crippen LogP contribution in [0.1, 0.15) is 59.3 Å². The molecule has 20 heavy (non-hydrogen) atoms. The average Bonchev–Trinajstić information content (AvgIpc) is 2.53. The lowest BCUT2D eigenvalue weighted by Gasteiger charge is -2.24. The maximum Gasteiger partial charge on any atom is 0.162 e. The van der Waals surface area contributed by atoms with E-state index in [0.717, 1.165) is 18.4 Å². The number of fused-ring (bicyclic) bond motifs is 1. The van der Waals surface area contributed by atoms with E-state index in [1.165, 1.54) is 23.2 Å². The number of hydrogen-bond acceptors (Lipinski definition) is 2. The molecule has 1 aromatic carbocycles. The third-order valence-electron chi connectivity index (χ3n) is 4.13. The van der Waals surface area contributed by atoms with Crippen LogP contribution in [0.15, 0.2) is 42.6 Å². The van der Waals surface area contributed by atoms with Gasteiger partial charge in [-0.1, -0.05) is 31.2 Å². The maximum absolute atomic E-state index is 11.9. The van der Waals surface area contributed by atoms with Gasteiger partial charge in [0.1, 0.15) is 0 Å². The molecule has 2 heteroatoms. The first-order valence-electron chi connectivity index (χ1n) is 7.36. The van der Waals surface area contributed by atoms with Crippen LogP contribution in [0.5, 0.6) is 0 Å². The number of hydrogen-bond donors (Lipinski definition) is 0. The van der Waals surface area contributed by atoms with E-state index in [1.54, 1.807) is 0 Å². The highest BCUT2D eigenvalue weighted by molar-refractivity contribution is 5.96. The quantitative estimate of drug-likeness (QED) is 0.781. The predicted octanol–water partition coefficient (Wildman–Crippen LogP) is 4.14. The zero-order valence-electron chi connectivity index (χ0n) is 11.8. The van der Waals surface area contributed by atoms with Gasteiger partial charge >= 0.3 is 0 Å². The lowest BCUT2D eigenvalue weighted by Crippen LogP contribution is -2.13. The van der Waals surface area contributed by atoms with Crippen molar-refractivity contribution in [2.75, 3.05) is 0 Å². The molecular formula is C18H19NO. The van der Waals surface area contributed by atoms with Crippen LogP contribution in [-0.4, -0.2) is 10.8 Å². The van der Waals surface area contributed by atoms with E-state index in [1.807, 2.05) is 31.3 Å². The Morgan fingerprint density at radius 1 is 1.30 bits per heavy atom. The van der Waals surface area contributed by atoms with Gasteiger partial charge in [0.2, 0.25) is 0 Å². The first-order chi connectivity index (χ1) is 9.79. The van der Waals surface area contributed by atoms with E-state index >= 15 is 0 Å². The van der Waals surface area contributed by atoms with Crippen molar-refractivity contribution in [1.82, 2.24) is 4.98 Å². The minimum absolute atomic E-state index is 0.212. The largest absolute Gasteiger partial charge is 0.294 e. The summed E-state index contributed by atoms with van der Waals surface area (Å²) in [6, 6.07) is 12.3. The molecule has 0 saturated heterocycles. The summed E-state index contributed by atoms with van der Waals surface area (Å²) < 4.78 is 0. The Morgan fingerprint density at radius 2 is 2.20 bits per heavy atom. The van der Waals surface area contributed by atoms with Crippen molar-refractivity contribution in [3.8, 4) is 0 Å². The number of benzene rings is 1. The molecule has 2 aromatic rings. The summed E-state index contributed by atoms with van der Waals surface area (Å²) in [6.45, 7) is 1.91. The molecule has 1 aliphatic carbocycles. The monoisotopic (exact) mass is 265 g/mol. The van der Waals surface area contributed by atoms with E-state index in [2.05, 4.69) is 23.2 Å². The number of Topliss-reactive ketones (excluding diaryl/α,β-unsaturated/α-hetero) is 1. The molecule has 2 nitrogen and oxygen atoms in total. The highest BCUT2D eigenvalue weighted by Crippen LogP contribution is 2.35. The number of nitrogens with zero attached hydrogens (tertiary/aromatic N) is 1. The lowest BCUT2D eigenvalue weighted by atomic mass is 9.81. The third-order valence-corrected chi connectivity index (χ3v) is 4.13. The fraction of sp³-hybridized carbons (Fsp3) is 0.333. The highest BCUT2D eigenvalue weighted by atomic mass is 16.1. The second kappa shape index (κ2) is 5.58. The Hall–Kier alpha value is -1.96. The SMILES string of the molecule is CCC(=O)c1cccc(C2CCCc3cccnc32)c1. The van der Waals surface area contributed by atoms with Crippen LogP contribution < -0.4 is 0 Å². The Kier molecular flexibility index (Phi) is 3.64. The van der Waals surface area contributed by atoms with E-state index in [-0.39, 0.29) is 5.78 Å². The van der Waals surface area contributed by atoms with Gasteiger partial charge in [0, 0.05) is 24.1 Å². The van der Waals surface area contributed by atoms with Gasteiger partial charge in [0.05, 0.1) is 5.69 Å². The second-order valence-electron chi connectivity index (χ2n) is 5.39. The summed E-state index contributed by atoms with van der Waals surface area (Å²) in [5.74, 6) is 0.549. The van der Waals surface area contributed by atoms with Crippen LogP contribution in [0.3, 0.4) is 0 Å². The van der Waals surface area contributed by atoms with E-state index in [4.69, 9.17) is 0 Å². The van der Waals surface area contributed by atoms with Crippen molar-refractivity contribution < 1.29 is 4.79 Å². The molecule has 0 bridgehead atoms. The molecule has 1 heterocycles. The van der Waals surface area contributed by atoms with E-state index in [0.29, 0.717) is 12.3 Å². The number of aromatic nitrogens is 1. The first-order valence-corrected chi connectivity index (χ1v) is 7.36. The molecule has 0 spiro atoms. The molecule has 0 amide bonds. The smallest absolute Gasteiger partial charge is 0.162 e. The summed E-state index contributed by atoms with van der Waals surface area (Å²) in [7, 11) is 0. The first kappa shape index (κ1) is 13.0. The summed E-state index contributed by atoms with van der Waals surface area (Å²) in [5, 5.41) is 0. The third kappa shape index (κ3) is 2.38. The summed E-state index contributed by atoms with van der Waals surface area (Å²) in [5.41, 5.74) is 4.60. The van der Waals surface area contributed by atoms with Gasteiger partial charge in [-0.15, -0.1) is 0 Å². The summed E-state index contributed by atoms with van der Waals surface area (Å²) in [6.07, 6.45) is 5.86. The van der Waals surface area contributed by atoms with Gasteiger partial charge in [-0.2, -0.15) is 0 Å². The van der Waals surface area contributed by atoms with Crippen molar-refractivity contribution in [3.05, 3.63) is 65.0 Å². The fourth-order valence-electron chi connectivity index (χ4n) is 3.07. The van der Waals surface area contributed by atoms with Crippen LogP contribution in [0, 0.1) is 0 Å². The van der Waals surface area contributed by atoms with Crippen LogP contribution in [0.4, 0.5) is 0 Å². The molecule has 1 atom stereocenters. The van der Waals surface area contributed by atoms with Crippen molar-refractivity contribution >= 4 is 5.78 Å². The topological polar surface area (TPSA) is 30.0 Å². The molecule has 0 radical (unpaired) electrons. The van der Waals surface area contributed by atoms with Crippen molar-refractivity contribution in [1.29, 1.82) is 0 Å². The Bertz CT molecular complexity index is 633. The number of carbonyl (C=O) groups excluding carboxylic acids is 1. The molecule has 0 fully saturated rings. The molecule has 1 aliphatic rings. The van der Waals surface area contributed by atoms with Gasteiger partial charge in [-0.3, -0.25) is 9.78 Å². The zero-order chi connectivity index (χ0) is 13.9. The molecule has 0 saturated carbocycles. The predicted molar refractivity (Wildman–Crippen MR) is 80.1 cm³/mol. The Morgan fingerprint density at radius 3 is 3.05 bits per heavy atom. The minimum atomic E-state index is 0.212. The Balaban J connectivity index is 2.00. The highest BCUT2D eigenvalue weighted by Gasteiger charge is 2.23. The normalized spacial score (nSPS) is 17.6. The van der Waals surface area contributed by atoms with Gasteiger partial charge in [-0.05, 0) is 42.5 Å². The molecule has 0 aliphatic heterocycles. The van der Waals surface area contributed by atoms with Crippen molar-refractivity contribution in [2.45, 2.75) is 38.5 Å². The van der Waals surface area contributed by atoms with Crippen LogP contribution >= 0.6 is 0 Å². The molecule has 3 rings (SSSR count). The van der Waals surface area contributed by atoms with Crippen molar-refractivity contribution in [2.24, 2.45) is 0 Å². The fourth-order valence-corrected chi connectivity index (χ4v) is 3.07.